The topological polar surface area (TPSA) is 37.3 Å². The van der Waals surface area contributed by atoms with Crippen LogP contribution in [0.1, 0.15) is 19.3 Å². The van der Waals surface area contributed by atoms with Crippen LogP contribution in [0.5, 0.6) is 0 Å². The molecule has 2 rings (SSSR count). The maximum Gasteiger partial charge on any atom is 0.377 e. The number of aliphatic hydroxyl groups excluding tert-OH is 1. The number of carbonyl (C=O) groups excluding carboxylic acids is 1. The van der Waals surface area contributed by atoms with E-state index in [1.165, 1.54) is 2.88 Å². The number of carbonyl (C=O) groups is 1. The molecule has 0 unspecified atom stereocenters. The highest BCUT2D eigenvalue weighted by molar-refractivity contribution is 7.07. The van der Waals surface area contributed by atoms with Crippen molar-refractivity contribution in [1.29, 1.82) is 0 Å². The van der Waals surface area contributed by atoms with E-state index in [9.17, 15) is 9.90 Å². The van der Waals surface area contributed by atoms with Gasteiger partial charge in [-0.1, -0.05) is 11.3 Å². The standard InChI is InChI=1S/C10H9IO2S/c12-7-3-1-4-8(13)10(7)11-9-5-2-6-14-9/h2,5-6H,1,3-4H2/p+1. The number of allylic oxidation sites excluding steroid dienone is 2. The van der Waals surface area contributed by atoms with Crippen molar-refractivity contribution in [1.82, 2.24) is 0 Å². The second-order valence-electron chi connectivity index (χ2n) is 3.05. The lowest BCUT2D eigenvalue weighted by Gasteiger charge is -2.05. The van der Waals surface area contributed by atoms with Gasteiger partial charge in [-0.05, 0) is 17.9 Å². The van der Waals surface area contributed by atoms with Crippen LogP contribution in [0.2, 0.25) is 0 Å². The third kappa shape index (κ3) is 2.17. The van der Waals surface area contributed by atoms with Gasteiger partial charge >= 0.3 is 21.2 Å². The Morgan fingerprint density at radius 3 is 2.93 bits per heavy atom. The van der Waals surface area contributed by atoms with Crippen molar-refractivity contribution < 1.29 is 31.1 Å². The first kappa shape index (κ1) is 10.2. The molecule has 14 heavy (non-hydrogen) atoms. The van der Waals surface area contributed by atoms with E-state index >= 15 is 0 Å². The maximum absolute atomic E-state index is 11.5. The first-order chi connectivity index (χ1) is 6.77. The third-order valence-corrected chi connectivity index (χ3v) is 6.58. The van der Waals surface area contributed by atoms with Gasteiger partial charge in [0.05, 0.1) is 0 Å². The minimum absolute atomic E-state index is 0.162. The van der Waals surface area contributed by atoms with Crippen LogP contribution in [-0.2, 0) is 4.79 Å². The van der Waals surface area contributed by atoms with Crippen molar-refractivity contribution in [2.45, 2.75) is 19.3 Å². The van der Waals surface area contributed by atoms with Crippen molar-refractivity contribution in [2.24, 2.45) is 0 Å². The molecule has 0 spiro atoms. The molecule has 1 aromatic heterocycles. The number of halogens is 1. The lowest BCUT2D eigenvalue weighted by molar-refractivity contribution is -0.566. The number of ketones is 1. The molecule has 0 fully saturated rings. The van der Waals surface area contributed by atoms with Crippen LogP contribution >= 0.6 is 11.3 Å². The Morgan fingerprint density at radius 1 is 1.43 bits per heavy atom. The summed E-state index contributed by atoms with van der Waals surface area (Å²) in [5.74, 6) is 0.511. The fraction of sp³-hybridized carbons (Fsp3) is 0.300. The van der Waals surface area contributed by atoms with Crippen LogP contribution in [-0.4, -0.2) is 10.9 Å². The first-order valence-electron chi connectivity index (χ1n) is 4.41. The molecule has 0 radical (unpaired) electrons. The monoisotopic (exact) mass is 321 g/mol. The van der Waals surface area contributed by atoms with Gasteiger partial charge in [-0.25, -0.2) is 0 Å². The Hall–Kier alpha value is -0.360. The van der Waals surface area contributed by atoms with Gasteiger partial charge in [-0.2, -0.15) is 0 Å². The van der Waals surface area contributed by atoms with Gasteiger partial charge in [0.25, 0.3) is 3.58 Å². The largest absolute Gasteiger partial charge is 0.507 e. The molecule has 0 saturated carbocycles. The second kappa shape index (κ2) is 4.44. The van der Waals surface area contributed by atoms with Crippen molar-refractivity contribution >= 4 is 17.1 Å². The highest BCUT2D eigenvalue weighted by Crippen LogP contribution is 2.14. The Kier molecular flexibility index (Phi) is 3.22. The number of Topliss-reactive ketones (excluding diaryl/α,β-unsaturated/α-hetero) is 1. The van der Waals surface area contributed by atoms with E-state index in [1.54, 1.807) is 11.3 Å². The predicted octanol–water partition coefficient (Wildman–Crippen LogP) is -0.471. The summed E-state index contributed by atoms with van der Waals surface area (Å²) in [7, 11) is 0. The molecule has 1 aliphatic carbocycles. The molecule has 1 heterocycles. The molecule has 0 amide bonds. The Bertz CT molecular complexity index is 367. The molecular weight excluding hydrogens is 311 g/mol. The van der Waals surface area contributed by atoms with Crippen molar-refractivity contribution in [3.8, 4) is 0 Å². The van der Waals surface area contributed by atoms with E-state index in [4.69, 9.17) is 0 Å². The van der Waals surface area contributed by atoms with Crippen LogP contribution < -0.4 is 21.2 Å². The minimum atomic E-state index is -0.439. The lowest BCUT2D eigenvalue weighted by Crippen LogP contribution is -3.61. The first-order valence-corrected chi connectivity index (χ1v) is 7.45. The molecule has 1 aliphatic rings. The van der Waals surface area contributed by atoms with Crippen LogP contribution in [0.25, 0.3) is 0 Å². The summed E-state index contributed by atoms with van der Waals surface area (Å²) in [6, 6.07) is 4.03. The summed E-state index contributed by atoms with van der Waals surface area (Å²) >= 11 is 1.23. The summed E-state index contributed by atoms with van der Waals surface area (Å²) in [5, 5.41) is 11.6. The zero-order chi connectivity index (χ0) is 9.97. The Morgan fingerprint density at radius 2 is 2.29 bits per heavy atom. The molecule has 2 nitrogen and oxygen atoms in total. The van der Waals surface area contributed by atoms with E-state index in [1.807, 2.05) is 17.5 Å². The van der Waals surface area contributed by atoms with Crippen molar-refractivity contribution in [3.05, 3.63) is 29.7 Å². The molecule has 0 saturated heterocycles. The Labute approximate surface area is 96.9 Å². The van der Waals surface area contributed by atoms with Gasteiger partial charge in [-0.3, -0.25) is 4.79 Å². The molecule has 74 valence electrons. The second-order valence-corrected chi connectivity index (χ2v) is 7.51. The smallest absolute Gasteiger partial charge is 0.377 e. The average molecular weight is 321 g/mol. The molecule has 1 N–H and O–H groups in total. The summed E-state index contributed by atoms with van der Waals surface area (Å²) < 4.78 is 1.98. The lowest BCUT2D eigenvalue weighted by atomic mass is 10.1. The van der Waals surface area contributed by atoms with E-state index in [0.29, 0.717) is 18.6 Å². The quantitative estimate of drug-likeness (QED) is 0.748. The maximum atomic E-state index is 11.5. The van der Waals surface area contributed by atoms with E-state index in [2.05, 4.69) is 0 Å². The molecule has 0 aliphatic heterocycles. The van der Waals surface area contributed by atoms with Gasteiger partial charge < -0.3 is 5.11 Å². The summed E-state index contributed by atoms with van der Waals surface area (Å²) in [6.07, 6.45) is 2.11. The van der Waals surface area contributed by atoms with E-state index in [0.717, 1.165) is 10.0 Å². The fourth-order valence-corrected chi connectivity index (χ4v) is 5.21. The van der Waals surface area contributed by atoms with Gasteiger partial charge in [0.1, 0.15) is 5.76 Å². The molecule has 0 atom stereocenters. The average Bonchev–Trinajstić information content (AvgIpc) is 2.64. The van der Waals surface area contributed by atoms with Crippen LogP contribution in [0.3, 0.4) is 0 Å². The number of thiophene rings is 1. The zero-order valence-corrected chi connectivity index (χ0v) is 10.5. The Balaban J connectivity index is 2.20. The highest BCUT2D eigenvalue weighted by Gasteiger charge is 2.33. The fourth-order valence-electron chi connectivity index (χ4n) is 1.31. The van der Waals surface area contributed by atoms with Crippen LogP contribution in [0.15, 0.2) is 26.9 Å². The summed E-state index contributed by atoms with van der Waals surface area (Å²) in [4.78, 5) is 11.5. The molecule has 0 bridgehead atoms. The molecule has 4 heteroatoms. The van der Waals surface area contributed by atoms with Crippen molar-refractivity contribution in [2.75, 3.05) is 0 Å². The SMILES string of the molecule is O=C1CCCC(O)=C1[I+]c1cccs1. The van der Waals surface area contributed by atoms with Gasteiger partial charge in [0, 0.05) is 18.9 Å². The van der Waals surface area contributed by atoms with Crippen molar-refractivity contribution in [3.63, 3.8) is 0 Å². The van der Waals surface area contributed by atoms with Crippen LogP contribution in [0.4, 0.5) is 0 Å². The summed E-state index contributed by atoms with van der Waals surface area (Å²) in [5.41, 5.74) is 0. The van der Waals surface area contributed by atoms with E-state index < -0.39 is 21.2 Å². The summed E-state index contributed by atoms with van der Waals surface area (Å²) in [6.45, 7) is 0. The normalized spacial score (nSPS) is 17.6. The number of aliphatic hydroxyl groups is 1. The number of rotatable bonds is 2. The van der Waals surface area contributed by atoms with Gasteiger partial charge in [0.15, 0.2) is 0 Å². The molecular formula is C10H10IO2S+. The zero-order valence-electron chi connectivity index (χ0n) is 7.50. The molecule has 1 aromatic rings. The number of hydrogen-bond acceptors (Lipinski definition) is 3. The van der Waals surface area contributed by atoms with Gasteiger partial charge in [0.2, 0.25) is 8.67 Å². The third-order valence-electron chi connectivity index (χ3n) is 1.99. The molecule has 0 aromatic carbocycles. The van der Waals surface area contributed by atoms with Crippen LogP contribution in [0, 0.1) is 2.88 Å². The van der Waals surface area contributed by atoms with Gasteiger partial charge in [-0.15, -0.1) is 0 Å². The predicted molar refractivity (Wildman–Crippen MR) is 51.5 cm³/mol. The minimum Gasteiger partial charge on any atom is -0.507 e. The number of hydrogen-bond donors (Lipinski definition) is 1. The highest BCUT2D eigenvalue weighted by atomic mass is 127. The van der Waals surface area contributed by atoms with E-state index in [-0.39, 0.29) is 5.78 Å².